The Morgan fingerprint density at radius 3 is 2.80 bits per heavy atom. The van der Waals surface area contributed by atoms with E-state index in [-0.39, 0.29) is 17.5 Å². The highest BCUT2D eigenvalue weighted by atomic mass is 16.5. The van der Waals surface area contributed by atoms with Gasteiger partial charge in [0.15, 0.2) is 5.82 Å². The predicted molar refractivity (Wildman–Crippen MR) is 95.2 cm³/mol. The van der Waals surface area contributed by atoms with Crippen LogP contribution in [0.4, 0.5) is 4.79 Å². The lowest BCUT2D eigenvalue weighted by atomic mass is 9.82. The van der Waals surface area contributed by atoms with Gasteiger partial charge in [0, 0.05) is 20.1 Å². The number of hydrogen-bond acceptors (Lipinski definition) is 4. The van der Waals surface area contributed by atoms with Crippen LogP contribution in [0.15, 0.2) is 0 Å². The summed E-state index contributed by atoms with van der Waals surface area (Å²) in [6.45, 7) is 4.17. The number of ether oxygens (including phenoxy) is 1. The van der Waals surface area contributed by atoms with Crippen LogP contribution in [0.2, 0.25) is 0 Å². The van der Waals surface area contributed by atoms with Crippen LogP contribution in [0, 0.1) is 5.41 Å². The first-order valence-electron chi connectivity index (χ1n) is 9.54. The molecule has 2 amide bonds. The summed E-state index contributed by atoms with van der Waals surface area (Å²) in [6.07, 6.45) is 9.37. The fourth-order valence-corrected chi connectivity index (χ4v) is 3.96. The van der Waals surface area contributed by atoms with Gasteiger partial charge in [0.25, 0.3) is 0 Å². The van der Waals surface area contributed by atoms with E-state index in [9.17, 15) is 4.79 Å². The van der Waals surface area contributed by atoms with E-state index in [4.69, 9.17) is 4.74 Å². The van der Waals surface area contributed by atoms with Crippen molar-refractivity contribution in [3.8, 4) is 0 Å². The third kappa shape index (κ3) is 4.93. The largest absolute Gasteiger partial charge is 0.377 e. The van der Waals surface area contributed by atoms with E-state index in [1.165, 1.54) is 38.5 Å². The fourth-order valence-electron chi connectivity index (χ4n) is 3.96. The van der Waals surface area contributed by atoms with Gasteiger partial charge in [-0.2, -0.15) is 5.10 Å². The van der Waals surface area contributed by atoms with Crippen LogP contribution in [-0.4, -0.2) is 40.5 Å². The number of carbonyl (C=O) groups excluding carboxylic acids is 1. The summed E-state index contributed by atoms with van der Waals surface area (Å²) in [4.78, 5) is 16.8. The van der Waals surface area contributed by atoms with Crippen molar-refractivity contribution in [2.75, 3.05) is 13.7 Å². The fraction of sp³-hybridized carbons (Fsp3) is 0.833. The standard InChI is InChI=1S/C18H31N5O2/c1-18(9-5-3-4-6-10-18)13-19-17(24)20-14-7-8-16-21-15(12-25-2)22-23(16)11-14/h14H,3-13H2,1-2H3,(H2,19,20,24)/t14-/m0/s1. The summed E-state index contributed by atoms with van der Waals surface area (Å²) >= 11 is 0. The number of amides is 2. The van der Waals surface area contributed by atoms with Gasteiger partial charge in [-0.3, -0.25) is 0 Å². The molecule has 0 bridgehead atoms. The van der Waals surface area contributed by atoms with Crippen LogP contribution < -0.4 is 10.6 Å². The predicted octanol–water partition coefficient (Wildman–Crippen LogP) is 2.40. The highest BCUT2D eigenvalue weighted by Gasteiger charge is 2.27. The minimum atomic E-state index is -0.0591. The van der Waals surface area contributed by atoms with Crippen LogP contribution in [0.25, 0.3) is 0 Å². The third-order valence-corrected chi connectivity index (χ3v) is 5.50. The number of methoxy groups -OCH3 is 1. The second kappa shape index (κ2) is 8.17. The van der Waals surface area contributed by atoms with E-state index in [2.05, 4.69) is 27.6 Å². The van der Waals surface area contributed by atoms with E-state index in [0.717, 1.165) is 25.2 Å². The zero-order valence-corrected chi connectivity index (χ0v) is 15.5. The number of aryl methyl sites for hydroxylation is 1. The molecule has 0 radical (unpaired) electrons. The van der Waals surface area contributed by atoms with Crippen LogP contribution in [0.1, 0.15) is 63.5 Å². The van der Waals surface area contributed by atoms with Crippen LogP contribution in [-0.2, 0) is 24.3 Å². The number of urea groups is 1. The van der Waals surface area contributed by atoms with E-state index >= 15 is 0 Å². The maximum atomic E-state index is 12.3. The van der Waals surface area contributed by atoms with Gasteiger partial charge in [-0.05, 0) is 24.7 Å². The Balaban J connectivity index is 1.46. The molecule has 2 N–H and O–H groups in total. The molecule has 140 valence electrons. The normalized spacial score (nSPS) is 22.7. The number of aromatic nitrogens is 3. The molecule has 3 rings (SSSR count). The molecule has 0 unspecified atom stereocenters. The van der Waals surface area contributed by atoms with Crippen LogP contribution in [0.3, 0.4) is 0 Å². The van der Waals surface area contributed by atoms with Crippen molar-refractivity contribution >= 4 is 6.03 Å². The quantitative estimate of drug-likeness (QED) is 0.800. The number of fused-ring (bicyclic) bond motifs is 1. The lowest BCUT2D eigenvalue weighted by Gasteiger charge is -2.29. The summed E-state index contributed by atoms with van der Waals surface area (Å²) in [7, 11) is 1.64. The molecule has 1 aliphatic carbocycles. The minimum absolute atomic E-state index is 0.0591. The van der Waals surface area contributed by atoms with Gasteiger partial charge in [-0.15, -0.1) is 0 Å². The first-order chi connectivity index (χ1) is 12.1. The van der Waals surface area contributed by atoms with Gasteiger partial charge in [0.1, 0.15) is 12.4 Å². The molecule has 1 aromatic rings. The average Bonchev–Trinajstić information content (AvgIpc) is 2.85. The highest BCUT2D eigenvalue weighted by molar-refractivity contribution is 5.74. The molecule has 0 saturated heterocycles. The molecular formula is C18H31N5O2. The third-order valence-electron chi connectivity index (χ3n) is 5.50. The molecule has 7 heteroatoms. The highest BCUT2D eigenvalue weighted by Crippen LogP contribution is 2.33. The molecule has 7 nitrogen and oxygen atoms in total. The number of hydrogen-bond donors (Lipinski definition) is 2. The summed E-state index contributed by atoms with van der Waals surface area (Å²) < 4.78 is 6.99. The average molecular weight is 349 g/mol. The van der Waals surface area contributed by atoms with Crippen LogP contribution >= 0.6 is 0 Å². The van der Waals surface area contributed by atoms with Crippen LogP contribution in [0.5, 0.6) is 0 Å². The Kier molecular flexibility index (Phi) is 5.93. The first-order valence-corrected chi connectivity index (χ1v) is 9.54. The molecular weight excluding hydrogens is 318 g/mol. The monoisotopic (exact) mass is 349 g/mol. The van der Waals surface area contributed by atoms with Crippen molar-refractivity contribution in [2.24, 2.45) is 5.41 Å². The Morgan fingerprint density at radius 1 is 1.32 bits per heavy atom. The maximum absolute atomic E-state index is 12.3. The Bertz CT molecular complexity index is 578. The molecule has 0 aromatic carbocycles. The topological polar surface area (TPSA) is 81.1 Å². The molecule has 1 atom stereocenters. The van der Waals surface area contributed by atoms with Crippen molar-refractivity contribution < 1.29 is 9.53 Å². The first kappa shape index (κ1) is 18.2. The number of nitrogens with zero attached hydrogens (tertiary/aromatic N) is 3. The van der Waals surface area contributed by atoms with E-state index < -0.39 is 0 Å². The molecule has 1 fully saturated rings. The Labute approximate surface area is 149 Å². The van der Waals surface area contributed by atoms with Gasteiger partial charge < -0.3 is 15.4 Å². The molecule has 1 aliphatic heterocycles. The molecule has 2 aliphatic rings. The molecule has 1 aromatic heterocycles. The van der Waals surface area contributed by atoms with Crippen molar-refractivity contribution in [2.45, 2.75) is 77.5 Å². The summed E-state index contributed by atoms with van der Waals surface area (Å²) in [5.74, 6) is 1.69. The van der Waals surface area contributed by atoms with E-state index in [0.29, 0.717) is 19.0 Å². The lowest BCUT2D eigenvalue weighted by Crippen LogP contribution is -2.48. The minimum Gasteiger partial charge on any atom is -0.377 e. The lowest BCUT2D eigenvalue weighted by molar-refractivity contribution is 0.177. The Morgan fingerprint density at radius 2 is 2.08 bits per heavy atom. The zero-order chi connectivity index (χ0) is 17.7. The van der Waals surface area contributed by atoms with Crippen molar-refractivity contribution in [3.63, 3.8) is 0 Å². The molecule has 2 heterocycles. The van der Waals surface area contributed by atoms with Crippen molar-refractivity contribution in [3.05, 3.63) is 11.6 Å². The maximum Gasteiger partial charge on any atom is 0.315 e. The van der Waals surface area contributed by atoms with Crippen molar-refractivity contribution in [1.29, 1.82) is 0 Å². The summed E-state index contributed by atoms with van der Waals surface area (Å²) in [5, 5.41) is 10.7. The van der Waals surface area contributed by atoms with E-state index in [1.807, 2.05) is 4.68 Å². The molecule has 25 heavy (non-hydrogen) atoms. The smallest absolute Gasteiger partial charge is 0.315 e. The molecule has 0 spiro atoms. The van der Waals surface area contributed by atoms with Crippen molar-refractivity contribution in [1.82, 2.24) is 25.4 Å². The number of rotatable bonds is 5. The Hall–Kier alpha value is -1.63. The second-order valence-corrected chi connectivity index (χ2v) is 7.85. The summed E-state index contributed by atoms with van der Waals surface area (Å²) in [6, 6.07) is 0.0442. The number of carbonyl (C=O) groups is 1. The van der Waals surface area contributed by atoms with Gasteiger partial charge in [-0.1, -0.05) is 32.6 Å². The number of nitrogens with one attached hydrogen (secondary N) is 2. The van der Waals surface area contributed by atoms with Gasteiger partial charge in [0.2, 0.25) is 0 Å². The second-order valence-electron chi connectivity index (χ2n) is 7.85. The van der Waals surface area contributed by atoms with Gasteiger partial charge >= 0.3 is 6.03 Å². The van der Waals surface area contributed by atoms with E-state index in [1.54, 1.807) is 7.11 Å². The molecule has 1 saturated carbocycles. The van der Waals surface area contributed by atoms with Gasteiger partial charge in [0.05, 0.1) is 12.6 Å². The SMILES string of the molecule is COCc1nc2n(n1)C[C@@H](NC(=O)NCC1(C)CCCCCC1)CC2. The zero-order valence-electron chi connectivity index (χ0n) is 15.5. The van der Waals surface area contributed by atoms with Gasteiger partial charge in [-0.25, -0.2) is 14.5 Å². The summed E-state index contributed by atoms with van der Waals surface area (Å²) in [5.41, 5.74) is 0.245.